The van der Waals surface area contributed by atoms with E-state index in [0.717, 1.165) is 15.2 Å². The molecule has 3 N–H and O–H groups in total. The van der Waals surface area contributed by atoms with Gasteiger partial charge in [-0.1, -0.05) is 32.9 Å². The van der Waals surface area contributed by atoms with Crippen LogP contribution >= 0.6 is 22.6 Å². The summed E-state index contributed by atoms with van der Waals surface area (Å²) in [4.78, 5) is 4.84. The lowest BCUT2D eigenvalue weighted by molar-refractivity contribution is 0.137. The monoisotopic (exact) mass is 397 g/mol. The van der Waals surface area contributed by atoms with E-state index in [9.17, 15) is 0 Å². The van der Waals surface area contributed by atoms with E-state index in [-0.39, 0.29) is 5.41 Å². The van der Waals surface area contributed by atoms with Gasteiger partial charge >= 0.3 is 0 Å². The highest BCUT2D eigenvalue weighted by atomic mass is 127. The van der Waals surface area contributed by atoms with Crippen molar-refractivity contribution >= 4 is 34.2 Å². The van der Waals surface area contributed by atoms with Crippen molar-refractivity contribution in [3.8, 4) is 0 Å². The van der Waals surface area contributed by atoms with Gasteiger partial charge in [-0.3, -0.25) is 0 Å². The molecule has 0 unspecified atom stereocenters. The molecule has 2 saturated carbocycles. The minimum atomic E-state index is 0.286. The van der Waals surface area contributed by atoms with Gasteiger partial charge in [0.1, 0.15) is 0 Å². The van der Waals surface area contributed by atoms with Crippen LogP contribution in [0.1, 0.15) is 40.0 Å². The second-order valence-electron chi connectivity index (χ2n) is 7.25. The van der Waals surface area contributed by atoms with Crippen LogP contribution in [0.4, 0.5) is 5.69 Å². The van der Waals surface area contributed by atoms with Gasteiger partial charge in [0.15, 0.2) is 5.96 Å². The highest BCUT2D eigenvalue weighted by Gasteiger charge is 2.61. The van der Waals surface area contributed by atoms with Crippen LogP contribution < -0.4 is 11.1 Å². The van der Waals surface area contributed by atoms with Crippen molar-refractivity contribution in [1.82, 2.24) is 0 Å². The maximum absolute atomic E-state index is 6.17. The Morgan fingerprint density at radius 1 is 1.33 bits per heavy atom. The fourth-order valence-corrected chi connectivity index (χ4v) is 4.78. The first-order valence-electron chi connectivity index (χ1n) is 7.69. The molecule has 3 nitrogen and oxygen atoms in total. The van der Waals surface area contributed by atoms with E-state index < -0.39 is 0 Å². The number of anilines is 1. The third-order valence-corrected chi connectivity index (χ3v) is 7.12. The number of nitrogens with two attached hydrogens (primary N) is 1. The Morgan fingerprint density at radius 3 is 2.62 bits per heavy atom. The summed E-state index contributed by atoms with van der Waals surface area (Å²) in [6, 6.07) is 8.49. The Hall–Kier alpha value is -0.780. The van der Waals surface area contributed by atoms with Gasteiger partial charge in [0, 0.05) is 3.57 Å². The molecule has 0 heterocycles. The molecule has 1 aromatic rings. The normalized spacial score (nSPS) is 34.2. The molecule has 21 heavy (non-hydrogen) atoms. The zero-order valence-corrected chi connectivity index (χ0v) is 15.1. The Balaban J connectivity index is 1.79. The second-order valence-corrected chi connectivity index (χ2v) is 8.41. The largest absolute Gasteiger partial charge is 0.370 e. The molecular weight excluding hydrogens is 373 g/mol. The van der Waals surface area contributed by atoms with E-state index in [2.05, 4.69) is 54.7 Å². The lowest BCUT2D eigenvalue weighted by Crippen LogP contribution is -2.37. The van der Waals surface area contributed by atoms with Gasteiger partial charge in [-0.25, -0.2) is 4.99 Å². The lowest BCUT2D eigenvalue weighted by atomic mass is 9.69. The number of guanidine groups is 1. The van der Waals surface area contributed by atoms with E-state index in [0.29, 0.717) is 17.4 Å². The first-order chi connectivity index (χ1) is 9.84. The van der Waals surface area contributed by atoms with Crippen LogP contribution in [0.15, 0.2) is 29.3 Å². The number of benzene rings is 1. The molecule has 2 aliphatic carbocycles. The maximum Gasteiger partial charge on any atom is 0.193 e. The highest BCUT2D eigenvalue weighted by molar-refractivity contribution is 14.1. The standard InChI is InChI=1S/C17H24IN3/c1-16(2)11-8-9-17(16,3)14(10-11)21-15(19)20-13-7-5-4-6-12(13)18/h4-7,11,14H,8-10H2,1-3H3,(H3,19,20,21)/t11-,14-,17+/m1/s1. The third-order valence-electron chi connectivity index (χ3n) is 6.18. The van der Waals surface area contributed by atoms with Crippen molar-refractivity contribution in [1.29, 1.82) is 0 Å². The van der Waals surface area contributed by atoms with Crippen LogP contribution in [-0.2, 0) is 0 Å². The number of para-hydroxylation sites is 1. The van der Waals surface area contributed by atoms with E-state index in [4.69, 9.17) is 10.7 Å². The minimum absolute atomic E-state index is 0.286. The molecule has 0 aliphatic heterocycles. The van der Waals surface area contributed by atoms with Crippen molar-refractivity contribution in [2.24, 2.45) is 27.5 Å². The zero-order valence-electron chi connectivity index (χ0n) is 13.0. The molecule has 3 atom stereocenters. The molecule has 0 radical (unpaired) electrons. The predicted molar refractivity (Wildman–Crippen MR) is 97.4 cm³/mol. The molecule has 3 rings (SSSR count). The van der Waals surface area contributed by atoms with Crippen LogP contribution in [0.2, 0.25) is 0 Å². The minimum Gasteiger partial charge on any atom is -0.370 e. The zero-order chi connectivity index (χ0) is 15.3. The number of fused-ring (bicyclic) bond motifs is 2. The number of hydrogen-bond acceptors (Lipinski definition) is 1. The van der Waals surface area contributed by atoms with Crippen molar-refractivity contribution in [2.45, 2.75) is 46.1 Å². The molecular formula is C17H24IN3. The molecule has 114 valence electrons. The number of aliphatic imine (C=N–C) groups is 1. The maximum atomic E-state index is 6.17. The third kappa shape index (κ3) is 2.35. The first kappa shape index (κ1) is 15.1. The average molecular weight is 397 g/mol. The number of nitrogens with zero attached hydrogens (tertiary/aromatic N) is 1. The summed E-state index contributed by atoms with van der Waals surface area (Å²) in [5.41, 5.74) is 7.87. The van der Waals surface area contributed by atoms with Crippen LogP contribution in [-0.4, -0.2) is 12.0 Å². The number of hydrogen-bond donors (Lipinski definition) is 2. The Labute approximate surface area is 140 Å². The van der Waals surface area contributed by atoms with Gasteiger partial charge in [-0.2, -0.15) is 0 Å². The van der Waals surface area contributed by atoms with Crippen molar-refractivity contribution in [3.05, 3.63) is 27.8 Å². The van der Waals surface area contributed by atoms with Crippen LogP contribution in [0, 0.1) is 20.3 Å². The molecule has 0 amide bonds. The summed E-state index contributed by atoms with van der Waals surface area (Å²) in [5.74, 6) is 1.34. The summed E-state index contributed by atoms with van der Waals surface area (Å²) in [6.07, 6.45) is 3.80. The topological polar surface area (TPSA) is 50.4 Å². The molecule has 0 saturated heterocycles. The molecule has 1 aromatic carbocycles. The van der Waals surface area contributed by atoms with Crippen molar-refractivity contribution < 1.29 is 0 Å². The number of nitrogens with one attached hydrogen (secondary N) is 1. The van der Waals surface area contributed by atoms with E-state index in [1.165, 1.54) is 19.3 Å². The summed E-state index contributed by atoms with van der Waals surface area (Å²) >= 11 is 2.31. The van der Waals surface area contributed by atoms with Crippen LogP contribution in [0.5, 0.6) is 0 Å². The number of halogens is 1. The second kappa shape index (κ2) is 5.14. The van der Waals surface area contributed by atoms with Crippen LogP contribution in [0.25, 0.3) is 0 Å². The molecule has 0 spiro atoms. The van der Waals surface area contributed by atoms with Gasteiger partial charge in [0.2, 0.25) is 0 Å². The quantitative estimate of drug-likeness (QED) is 0.446. The fourth-order valence-electron chi connectivity index (χ4n) is 4.26. The van der Waals surface area contributed by atoms with Gasteiger partial charge in [-0.15, -0.1) is 0 Å². The van der Waals surface area contributed by atoms with E-state index >= 15 is 0 Å². The lowest BCUT2D eigenvalue weighted by Gasteiger charge is -2.37. The molecule has 0 aromatic heterocycles. The smallest absolute Gasteiger partial charge is 0.193 e. The summed E-state index contributed by atoms with van der Waals surface area (Å²) < 4.78 is 1.16. The van der Waals surface area contributed by atoms with Gasteiger partial charge in [0.25, 0.3) is 0 Å². The Bertz CT molecular complexity index is 581. The predicted octanol–water partition coefficient (Wildman–Crippen LogP) is 4.23. The van der Waals surface area contributed by atoms with Crippen molar-refractivity contribution in [2.75, 3.05) is 5.32 Å². The van der Waals surface area contributed by atoms with Gasteiger partial charge < -0.3 is 11.1 Å². The highest BCUT2D eigenvalue weighted by Crippen LogP contribution is 2.66. The average Bonchev–Trinajstić information content (AvgIpc) is 2.74. The Kier molecular flexibility index (Phi) is 3.71. The first-order valence-corrected chi connectivity index (χ1v) is 8.77. The van der Waals surface area contributed by atoms with Gasteiger partial charge in [-0.05, 0) is 70.7 Å². The summed E-state index contributed by atoms with van der Waals surface area (Å²) in [7, 11) is 0. The molecule has 2 bridgehead atoms. The van der Waals surface area contributed by atoms with E-state index in [1.807, 2.05) is 18.2 Å². The summed E-state index contributed by atoms with van der Waals surface area (Å²) in [5, 5.41) is 3.26. The number of rotatable bonds is 2. The van der Waals surface area contributed by atoms with E-state index in [1.54, 1.807) is 0 Å². The molecule has 2 aliphatic rings. The summed E-state index contributed by atoms with van der Waals surface area (Å²) in [6.45, 7) is 7.21. The van der Waals surface area contributed by atoms with Gasteiger partial charge in [0.05, 0.1) is 11.7 Å². The SMILES string of the molecule is CC1(C)[C@@H]2CC[C@@]1(C)[C@H](N=C(N)Nc1ccccc1I)C2. The molecule has 4 heteroatoms. The Morgan fingerprint density at radius 2 is 2.05 bits per heavy atom. The van der Waals surface area contributed by atoms with Crippen LogP contribution in [0.3, 0.4) is 0 Å². The fraction of sp³-hybridized carbons (Fsp3) is 0.588. The molecule has 2 fully saturated rings. The van der Waals surface area contributed by atoms with Crippen molar-refractivity contribution in [3.63, 3.8) is 0 Å².